The van der Waals surface area contributed by atoms with Gasteiger partial charge in [0.15, 0.2) is 0 Å². The molecule has 0 unspecified atom stereocenters. The summed E-state index contributed by atoms with van der Waals surface area (Å²) in [5.41, 5.74) is 12.5. The number of alkyl halides is 2. The fourth-order valence-corrected chi connectivity index (χ4v) is 4.71. The zero-order valence-corrected chi connectivity index (χ0v) is 15.6. The average Bonchev–Trinajstić information content (AvgIpc) is 3.07. The number of rotatable bonds is 3. The molecule has 2 fully saturated rings. The van der Waals surface area contributed by atoms with Crippen LogP contribution in [0.15, 0.2) is 54.7 Å². The molecule has 5 rings (SSSR count). The molecule has 1 aliphatic carbocycles. The molecule has 3 aromatic rings. The number of anilines is 1. The lowest BCUT2D eigenvalue weighted by molar-refractivity contribution is -0.220. The fraction of sp³-hybridized carbons (Fsp3) is 0.364. The Labute approximate surface area is 162 Å². The molecule has 146 valence electrons. The van der Waals surface area contributed by atoms with Crippen LogP contribution < -0.4 is 11.2 Å². The molecule has 6 heteroatoms. The Bertz CT molecular complexity index is 979. The first-order valence-corrected chi connectivity index (χ1v) is 9.88. The van der Waals surface area contributed by atoms with E-state index >= 15 is 0 Å². The Morgan fingerprint density at radius 2 is 1.64 bits per heavy atom. The lowest BCUT2D eigenvalue weighted by atomic mass is 9.81. The Kier molecular flexibility index (Phi) is 4.14. The number of para-hydroxylation sites is 1. The molecule has 2 heterocycles. The van der Waals surface area contributed by atoms with Crippen molar-refractivity contribution in [2.24, 2.45) is 0 Å². The van der Waals surface area contributed by atoms with E-state index in [-0.39, 0.29) is 12.6 Å². The topological polar surface area (TPSA) is 46.2 Å². The van der Waals surface area contributed by atoms with Crippen LogP contribution in [0.25, 0.3) is 16.6 Å². The highest BCUT2D eigenvalue weighted by atomic mass is 19.3. The van der Waals surface area contributed by atoms with Gasteiger partial charge in [-0.2, -0.15) is 14.2 Å². The van der Waals surface area contributed by atoms with Gasteiger partial charge in [0, 0.05) is 29.0 Å². The summed E-state index contributed by atoms with van der Waals surface area (Å²) in [5.74, 6) is 0.456. The van der Waals surface area contributed by atoms with Gasteiger partial charge in [0.2, 0.25) is 0 Å². The number of hydrogen-bond donors (Lipinski definition) is 2. The molecule has 1 aliphatic heterocycles. The second kappa shape index (κ2) is 6.57. The zero-order valence-electron chi connectivity index (χ0n) is 15.6. The molecule has 28 heavy (non-hydrogen) atoms. The lowest BCUT2D eigenvalue weighted by Gasteiger charge is -2.46. The minimum Gasteiger partial charge on any atom is -0.399 e. The summed E-state index contributed by atoms with van der Waals surface area (Å²) in [6.07, 6.45) is 6.16. The van der Waals surface area contributed by atoms with Gasteiger partial charge in [0.1, 0.15) is 0 Å². The summed E-state index contributed by atoms with van der Waals surface area (Å²) >= 11 is 0. The molecule has 2 aromatic carbocycles. The van der Waals surface area contributed by atoms with Gasteiger partial charge in [0.05, 0.1) is 12.1 Å². The van der Waals surface area contributed by atoms with E-state index in [0.717, 1.165) is 37.1 Å². The van der Waals surface area contributed by atoms with E-state index in [1.807, 2.05) is 24.3 Å². The van der Waals surface area contributed by atoms with Gasteiger partial charge in [-0.25, -0.2) is 5.01 Å². The van der Waals surface area contributed by atoms with Gasteiger partial charge in [-0.15, -0.1) is 0 Å². The second-order valence-electron chi connectivity index (χ2n) is 8.01. The monoisotopic (exact) mass is 382 g/mol. The van der Waals surface area contributed by atoms with Gasteiger partial charge >= 0.3 is 6.05 Å². The van der Waals surface area contributed by atoms with Gasteiger partial charge in [0.25, 0.3) is 0 Å². The third kappa shape index (κ3) is 3.06. The number of halogens is 2. The van der Waals surface area contributed by atoms with Crippen LogP contribution in [0.4, 0.5) is 14.5 Å². The van der Waals surface area contributed by atoms with Crippen molar-refractivity contribution in [3.8, 4) is 5.69 Å². The van der Waals surface area contributed by atoms with Gasteiger partial charge in [-0.1, -0.05) is 18.2 Å². The average molecular weight is 382 g/mol. The predicted molar refractivity (Wildman–Crippen MR) is 107 cm³/mol. The maximum Gasteiger partial charge on any atom is 0.328 e. The molecule has 1 aromatic heterocycles. The van der Waals surface area contributed by atoms with Gasteiger partial charge in [-0.05, 0) is 67.5 Å². The third-order valence-electron chi connectivity index (χ3n) is 6.17. The molecule has 4 nitrogen and oxygen atoms in total. The highest BCUT2D eigenvalue weighted by Gasteiger charge is 2.46. The third-order valence-corrected chi connectivity index (χ3v) is 6.17. The van der Waals surface area contributed by atoms with E-state index in [1.165, 1.54) is 16.5 Å². The number of hydrogen-bond acceptors (Lipinski definition) is 3. The Hall–Kier alpha value is -2.44. The maximum absolute atomic E-state index is 13.1. The van der Waals surface area contributed by atoms with Crippen LogP contribution in [0.3, 0.4) is 0 Å². The van der Waals surface area contributed by atoms with E-state index in [1.54, 1.807) is 5.01 Å². The summed E-state index contributed by atoms with van der Waals surface area (Å²) < 4.78 is 28.4. The normalized spacial score (nSPS) is 24.9. The van der Waals surface area contributed by atoms with Gasteiger partial charge < -0.3 is 10.3 Å². The van der Waals surface area contributed by atoms with Crippen LogP contribution in [-0.4, -0.2) is 28.2 Å². The van der Waals surface area contributed by atoms with Crippen molar-refractivity contribution >= 4 is 16.6 Å². The zero-order chi connectivity index (χ0) is 19.3. The minimum atomic E-state index is -2.72. The molecule has 0 amide bonds. The van der Waals surface area contributed by atoms with Crippen molar-refractivity contribution in [1.82, 2.24) is 15.0 Å². The van der Waals surface area contributed by atoms with E-state index in [0.29, 0.717) is 5.92 Å². The van der Waals surface area contributed by atoms with Crippen LogP contribution in [-0.2, 0) is 0 Å². The number of hydrazine groups is 1. The minimum absolute atomic E-state index is 0.168. The van der Waals surface area contributed by atoms with E-state index < -0.39 is 6.05 Å². The summed E-state index contributed by atoms with van der Waals surface area (Å²) in [6.45, 7) is -0.168. The molecule has 0 bridgehead atoms. The van der Waals surface area contributed by atoms with Crippen LogP contribution in [0.1, 0.15) is 37.2 Å². The lowest BCUT2D eigenvalue weighted by Crippen LogP contribution is -2.70. The number of nitrogens with one attached hydrogen (secondary N) is 1. The van der Waals surface area contributed by atoms with Crippen LogP contribution >= 0.6 is 0 Å². The van der Waals surface area contributed by atoms with E-state index in [9.17, 15) is 8.78 Å². The SMILES string of the molecule is Nc1ccc(-n2cc(C3CCC(N4CC(F)(F)N4)CC3)c3ccccc32)cc1. The maximum atomic E-state index is 13.1. The smallest absolute Gasteiger partial charge is 0.328 e. The molecule has 0 atom stereocenters. The molecule has 2 aliphatic rings. The number of nitrogen functional groups attached to an aromatic ring is 1. The Morgan fingerprint density at radius 1 is 0.964 bits per heavy atom. The summed E-state index contributed by atoms with van der Waals surface area (Å²) in [7, 11) is 0. The Balaban J connectivity index is 1.40. The van der Waals surface area contributed by atoms with Crippen LogP contribution in [0.5, 0.6) is 0 Å². The molecular weight excluding hydrogens is 358 g/mol. The van der Waals surface area contributed by atoms with E-state index in [2.05, 4.69) is 40.5 Å². The summed E-state index contributed by atoms with van der Waals surface area (Å²) in [4.78, 5) is 0. The number of aromatic nitrogens is 1. The number of nitrogens with two attached hydrogens (primary N) is 1. The highest BCUT2D eigenvalue weighted by Crippen LogP contribution is 2.40. The van der Waals surface area contributed by atoms with Crippen molar-refractivity contribution < 1.29 is 8.78 Å². The first-order valence-electron chi connectivity index (χ1n) is 9.88. The molecule has 0 spiro atoms. The second-order valence-corrected chi connectivity index (χ2v) is 8.01. The molecule has 1 saturated carbocycles. The molecule has 3 N–H and O–H groups in total. The van der Waals surface area contributed by atoms with Crippen LogP contribution in [0.2, 0.25) is 0 Å². The first kappa shape index (κ1) is 17.6. The summed E-state index contributed by atoms with van der Waals surface area (Å²) in [5, 5.41) is 2.99. The van der Waals surface area contributed by atoms with Crippen molar-refractivity contribution in [2.45, 2.75) is 43.7 Å². The Morgan fingerprint density at radius 3 is 2.32 bits per heavy atom. The first-order chi connectivity index (χ1) is 13.5. The summed E-state index contributed by atoms with van der Waals surface area (Å²) in [6, 6.07) is 13.9. The van der Waals surface area contributed by atoms with Crippen molar-refractivity contribution in [3.63, 3.8) is 0 Å². The number of nitrogens with zero attached hydrogens (tertiary/aromatic N) is 2. The quantitative estimate of drug-likeness (QED) is 0.512. The van der Waals surface area contributed by atoms with E-state index in [4.69, 9.17) is 5.73 Å². The molecular formula is C22H24F2N4. The largest absolute Gasteiger partial charge is 0.399 e. The fourth-order valence-electron chi connectivity index (χ4n) is 4.71. The van der Waals surface area contributed by atoms with Gasteiger partial charge in [-0.3, -0.25) is 0 Å². The molecule has 1 saturated heterocycles. The number of fused-ring (bicyclic) bond motifs is 1. The molecule has 0 radical (unpaired) electrons. The predicted octanol–water partition coefficient (Wildman–Crippen LogP) is 4.65. The highest BCUT2D eigenvalue weighted by molar-refractivity contribution is 5.86. The standard InChI is InChI=1S/C22H24F2N4/c23-22(24)14-28(26-22)18-9-5-15(6-10-18)20-13-27(17-11-7-16(25)8-12-17)21-4-2-1-3-19(20)21/h1-4,7-8,11-13,15,18,26H,5-6,9-10,14,25H2. The van der Waals surface area contributed by atoms with Crippen LogP contribution in [0, 0.1) is 0 Å². The van der Waals surface area contributed by atoms with Crippen molar-refractivity contribution in [2.75, 3.05) is 12.3 Å². The number of benzene rings is 2. The van der Waals surface area contributed by atoms with Crippen molar-refractivity contribution in [1.29, 1.82) is 0 Å². The van der Waals surface area contributed by atoms with Crippen molar-refractivity contribution in [3.05, 3.63) is 60.3 Å².